The lowest BCUT2D eigenvalue weighted by molar-refractivity contribution is -0.123. The second kappa shape index (κ2) is 8.28. The van der Waals surface area contributed by atoms with E-state index in [2.05, 4.69) is 19.2 Å². The number of carbonyl (C=O) groups is 2. The molecule has 126 valence electrons. The van der Waals surface area contributed by atoms with Gasteiger partial charge in [0.2, 0.25) is 0 Å². The first kappa shape index (κ1) is 17.7. The molecule has 3 nitrogen and oxygen atoms in total. The van der Waals surface area contributed by atoms with Gasteiger partial charge in [-0.15, -0.1) is 0 Å². The molecule has 1 aliphatic carbocycles. The molecule has 0 saturated heterocycles. The first-order chi connectivity index (χ1) is 11.0. The summed E-state index contributed by atoms with van der Waals surface area (Å²) in [5, 5.41) is 3.05. The fourth-order valence-corrected chi connectivity index (χ4v) is 3.34. The monoisotopic (exact) mass is 315 g/mol. The summed E-state index contributed by atoms with van der Waals surface area (Å²) in [6, 6.07) is 7.87. The fraction of sp³-hybridized carbons (Fsp3) is 0.600. The Hall–Kier alpha value is -1.64. The van der Waals surface area contributed by atoms with Crippen molar-refractivity contribution >= 4 is 11.7 Å². The third-order valence-electron chi connectivity index (χ3n) is 5.04. The van der Waals surface area contributed by atoms with Crippen LogP contribution in [0.25, 0.3) is 0 Å². The molecule has 0 spiro atoms. The van der Waals surface area contributed by atoms with Gasteiger partial charge in [0.15, 0.2) is 0 Å². The maximum Gasteiger partial charge on any atom is 0.251 e. The number of Topliss-reactive ketones (excluding diaryl/α,β-unsaturated/α-hetero) is 1. The first-order valence-electron chi connectivity index (χ1n) is 8.92. The van der Waals surface area contributed by atoms with Crippen molar-refractivity contribution in [2.45, 2.75) is 58.8 Å². The number of ketones is 1. The normalized spacial score (nSPS) is 21.2. The van der Waals surface area contributed by atoms with E-state index < -0.39 is 0 Å². The Morgan fingerprint density at radius 3 is 2.22 bits per heavy atom. The van der Waals surface area contributed by atoms with Gasteiger partial charge in [0.25, 0.3) is 5.91 Å². The Morgan fingerprint density at radius 1 is 1.09 bits per heavy atom. The van der Waals surface area contributed by atoms with Crippen LogP contribution in [0.4, 0.5) is 0 Å². The van der Waals surface area contributed by atoms with Crippen molar-refractivity contribution in [3.8, 4) is 0 Å². The molecule has 3 heteroatoms. The summed E-state index contributed by atoms with van der Waals surface area (Å²) in [6.45, 7) is 6.96. The highest BCUT2D eigenvalue weighted by molar-refractivity contribution is 5.94. The highest BCUT2D eigenvalue weighted by Gasteiger charge is 2.25. The molecule has 0 radical (unpaired) electrons. The Kier molecular flexibility index (Phi) is 6.37. The Bertz CT molecular complexity index is 525. The maximum absolute atomic E-state index is 12.2. The zero-order valence-electron chi connectivity index (χ0n) is 14.6. The van der Waals surface area contributed by atoms with E-state index in [1.54, 1.807) is 0 Å². The number of hydrogen-bond acceptors (Lipinski definition) is 2. The standard InChI is InChI=1S/C20H29NO2/c1-4-19(22)17-7-5-15(6-8-17)13-21-20(23)18-11-9-16(10-12-18)14(2)3/h9-12,14-15,17H,4-8,13H2,1-3H3,(H,21,23). The van der Waals surface area contributed by atoms with Crippen molar-refractivity contribution in [1.29, 1.82) is 0 Å². The smallest absolute Gasteiger partial charge is 0.251 e. The minimum absolute atomic E-state index is 0.00654. The van der Waals surface area contributed by atoms with Crippen molar-refractivity contribution in [3.63, 3.8) is 0 Å². The van der Waals surface area contributed by atoms with Gasteiger partial charge in [-0.1, -0.05) is 32.9 Å². The molecule has 1 saturated carbocycles. The predicted octanol–water partition coefficient (Wildman–Crippen LogP) is 4.33. The van der Waals surface area contributed by atoms with Crippen LogP contribution in [-0.4, -0.2) is 18.2 Å². The average Bonchev–Trinajstić information content (AvgIpc) is 2.59. The van der Waals surface area contributed by atoms with Crippen molar-refractivity contribution in [2.24, 2.45) is 11.8 Å². The molecule has 0 bridgehead atoms. The number of nitrogens with one attached hydrogen (secondary N) is 1. The van der Waals surface area contributed by atoms with Crippen LogP contribution in [-0.2, 0) is 4.79 Å². The van der Waals surface area contributed by atoms with Crippen LogP contribution in [0.3, 0.4) is 0 Å². The molecule has 2 rings (SSSR count). The van der Waals surface area contributed by atoms with E-state index >= 15 is 0 Å². The highest BCUT2D eigenvalue weighted by atomic mass is 16.1. The number of carbonyl (C=O) groups excluding carboxylic acids is 2. The van der Waals surface area contributed by atoms with E-state index in [0.717, 1.165) is 37.8 Å². The van der Waals surface area contributed by atoms with Crippen molar-refractivity contribution in [3.05, 3.63) is 35.4 Å². The van der Waals surface area contributed by atoms with Crippen molar-refractivity contribution in [1.82, 2.24) is 5.32 Å². The molecule has 1 N–H and O–H groups in total. The number of amides is 1. The second-order valence-electron chi connectivity index (χ2n) is 7.02. The molecule has 23 heavy (non-hydrogen) atoms. The first-order valence-corrected chi connectivity index (χ1v) is 8.92. The SMILES string of the molecule is CCC(=O)C1CCC(CNC(=O)c2ccc(C(C)C)cc2)CC1. The van der Waals surface area contributed by atoms with Crippen molar-refractivity contribution in [2.75, 3.05) is 6.54 Å². The van der Waals surface area contributed by atoms with E-state index in [-0.39, 0.29) is 11.8 Å². The van der Waals surface area contributed by atoms with Gasteiger partial charge in [-0.2, -0.15) is 0 Å². The number of hydrogen-bond donors (Lipinski definition) is 1. The lowest BCUT2D eigenvalue weighted by Crippen LogP contribution is -2.32. The van der Waals surface area contributed by atoms with Gasteiger partial charge in [0.05, 0.1) is 0 Å². The Balaban J connectivity index is 1.78. The minimum Gasteiger partial charge on any atom is -0.352 e. The van der Waals surface area contributed by atoms with Crippen LogP contribution in [0.1, 0.15) is 74.7 Å². The lowest BCUT2D eigenvalue weighted by atomic mass is 9.79. The summed E-state index contributed by atoms with van der Waals surface area (Å²) in [7, 11) is 0. The van der Waals surface area contributed by atoms with Gasteiger partial charge in [-0.25, -0.2) is 0 Å². The van der Waals surface area contributed by atoms with Gasteiger partial charge in [-0.3, -0.25) is 9.59 Å². The predicted molar refractivity (Wildman–Crippen MR) is 93.6 cm³/mol. The molecule has 0 atom stereocenters. The second-order valence-corrected chi connectivity index (χ2v) is 7.02. The topological polar surface area (TPSA) is 46.2 Å². The number of rotatable bonds is 6. The quantitative estimate of drug-likeness (QED) is 0.849. The summed E-state index contributed by atoms with van der Waals surface area (Å²) in [5.74, 6) is 1.66. The van der Waals surface area contributed by atoms with Crippen molar-refractivity contribution < 1.29 is 9.59 Å². The average molecular weight is 315 g/mol. The van der Waals surface area contributed by atoms with E-state index in [0.29, 0.717) is 24.0 Å². The molecular formula is C20H29NO2. The highest BCUT2D eigenvalue weighted by Crippen LogP contribution is 2.29. The molecule has 1 aliphatic rings. The van der Waals surface area contributed by atoms with Gasteiger partial charge < -0.3 is 5.32 Å². The van der Waals surface area contributed by atoms with Crippen LogP contribution in [0.15, 0.2) is 24.3 Å². The summed E-state index contributed by atoms with van der Waals surface area (Å²) in [5.41, 5.74) is 1.98. The molecular weight excluding hydrogens is 286 g/mol. The van der Waals surface area contributed by atoms with E-state index in [9.17, 15) is 9.59 Å². The van der Waals surface area contributed by atoms with Crippen LogP contribution in [0.2, 0.25) is 0 Å². The van der Waals surface area contributed by atoms with Gasteiger partial charge in [-0.05, 0) is 55.2 Å². The largest absolute Gasteiger partial charge is 0.352 e. The van der Waals surface area contributed by atoms with E-state index in [4.69, 9.17) is 0 Å². The summed E-state index contributed by atoms with van der Waals surface area (Å²) in [6.07, 6.45) is 4.71. The van der Waals surface area contributed by atoms with Crippen LogP contribution in [0, 0.1) is 11.8 Å². The van der Waals surface area contributed by atoms with Crippen LogP contribution >= 0.6 is 0 Å². The zero-order valence-corrected chi connectivity index (χ0v) is 14.6. The molecule has 1 aromatic carbocycles. The van der Waals surface area contributed by atoms with Gasteiger partial charge in [0.1, 0.15) is 5.78 Å². The molecule has 1 amide bonds. The Morgan fingerprint density at radius 2 is 1.70 bits per heavy atom. The molecule has 0 aromatic heterocycles. The van der Waals surface area contributed by atoms with Gasteiger partial charge >= 0.3 is 0 Å². The fourth-order valence-electron chi connectivity index (χ4n) is 3.34. The maximum atomic E-state index is 12.2. The molecule has 1 fully saturated rings. The minimum atomic E-state index is 0.00654. The third kappa shape index (κ3) is 4.92. The zero-order chi connectivity index (χ0) is 16.8. The Labute approximate surface area is 139 Å². The van der Waals surface area contributed by atoms with Crippen LogP contribution < -0.4 is 5.32 Å². The number of benzene rings is 1. The summed E-state index contributed by atoms with van der Waals surface area (Å²) < 4.78 is 0. The molecule has 0 unspecified atom stereocenters. The van der Waals surface area contributed by atoms with E-state index in [1.807, 2.05) is 31.2 Å². The van der Waals surface area contributed by atoms with Gasteiger partial charge in [0, 0.05) is 24.4 Å². The molecule has 0 heterocycles. The van der Waals surface area contributed by atoms with E-state index in [1.165, 1.54) is 5.56 Å². The summed E-state index contributed by atoms with van der Waals surface area (Å²) >= 11 is 0. The summed E-state index contributed by atoms with van der Waals surface area (Å²) in [4.78, 5) is 24.0. The third-order valence-corrected chi connectivity index (χ3v) is 5.04. The van der Waals surface area contributed by atoms with Crippen LogP contribution in [0.5, 0.6) is 0 Å². The molecule has 1 aromatic rings. The lowest BCUT2D eigenvalue weighted by Gasteiger charge is -2.27. The molecule has 0 aliphatic heterocycles.